The van der Waals surface area contributed by atoms with Gasteiger partial charge in [0.2, 0.25) is 0 Å². The predicted octanol–water partition coefficient (Wildman–Crippen LogP) is 1.79. The van der Waals surface area contributed by atoms with Gasteiger partial charge in [0.15, 0.2) is 0 Å². The second kappa shape index (κ2) is 3.12. The number of hydrogen-bond donors (Lipinski definition) is 1. The molecule has 3 heteroatoms. The van der Waals surface area contributed by atoms with E-state index in [0.717, 1.165) is 11.8 Å². The van der Waals surface area contributed by atoms with E-state index in [1.165, 1.54) is 25.7 Å². The lowest BCUT2D eigenvalue weighted by atomic mass is 9.95. The summed E-state index contributed by atoms with van der Waals surface area (Å²) in [5.74, 6) is 1.57. The standard InChI is InChI=1S/C12H16N2O/c13-10-2-1-5-14(12(10)15)11-7-8-3-4-9(11)6-8/h1-2,5,8-9,11H,3-4,6-7,13H2. The highest BCUT2D eigenvalue weighted by Crippen LogP contribution is 2.50. The van der Waals surface area contributed by atoms with Crippen LogP contribution in [-0.4, -0.2) is 4.57 Å². The van der Waals surface area contributed by atoms with Gasteiger partial charge in [-0.15, -0.1) is 0 Å². The summed E-state index contributed by atoms with van der Waals surface area (Å²) in [6, 6.07) is 3.98. The first kappa shape index (κ1) is 9.01. The van der Waals surface area contributed by atoms with E-state index < -0.39 is 0 Å². The Morgan fingerprint density at radius 1 is 1.33 bits per heavy atom. The summed E-state index contributed by atoms with van der Waals surface area (Å²) in [6.45, 7) is 0. The lowest BCUT2D eigenvalue weighted by molar-refractivity contribution is 0.323. The molecule has 3 atom stereocenters. The molecule has 0 amide bonds. The van der Waals surface area contributed by atoms with E-state index >= 15 is 0 Å². The number of pyridine rings is 1. The minimum atomic E-state index is -0.00458. The van der Waals surface area contributed by atoms with Crippen LogP contribution in [0.25, 0.3) is 0 Å². The molecule has 2 fully saturated rings. The van der Waals surface area contributed by atoms with Crippen LogP contribution >= 0.6 is 0 Å². The van der Waals surface area contributed by atoms with Gasteiger partial charge in [-0.3, -0.25) is 4.79 Å². The molecule has 0 aliphatic heterocycles. The van der Waals surface area contributed by atoms with Gasteiger partial charge >= 0.3 is 0 Å². The molecule has 1 aromatic rings. The van der Waals surface area contributed by atoms with Crippen molar-refractivity contribution in [3.8, 4) is 0 Å². The smallest absolute Gasteiger partial charge is 0.273 e. The zero-order valence-corrected chi connectivity index (χ0v) is 8.73. The Morgan fingerprint density at radius 3 is 2.87 bits per heavy atom. The molecule has 1 aromatic heterocycles. The lowest BCUT2D eigenvalue weighted by Crippen LogP contribution is -2.28. The molecule has 3 unspecified atom stereocenters. The Kier molecular flexibility index (Phi) is 1.87. The van der Waals surface area contributed by atoms with Gasteiger partial charge in [0.25, 0.3) is 5.56 Å². The van der Waals surface area contributed by atoms with Crippen molar-refractivity contribution in [1.82, 2.24) is 4.57 Å². The van der Waals surface area contributed by atoms with Crippen molar-refractivity contribution < 1.29 is 0 Å². The monoisotopic (exact) mass is 204 g/mol. The fraction of sp³-hybridized carbons (Fsp3) is 0.583. The van der Waals surface area contributed by atoms with Gasteiger partial charge in [-0.25, -0.2) is 0 Å². The zero-order chi connectivity index (χ0) is 10.4. The van der Waals surface area contributed by atoms with Crippen molar-refractivity contribution in [3.05, 3.63) is 28.7 Å². The summed E-state index contributed by atoms with van der Waals surface area (Å²) in [7, 11) is 0. The molecule has 2 aliphatic carbocycles. The van der Waals surface area contributed by atoms with Crippen LogP contribution in [0.2, 0.25) is 0 Å². The van der Waals surface area contributed by atoms with Gasteiger partial charge in [-0.2, -0.15) is 0 Å². The number of anilines is 1. The average Bonchev–Trinajstić information content (AvgIpc) is 2.83. The van der Waals surface area contributed by atoms with Gasteiger partial charge in [-0.05, 0) is 43.2 Å². The van der Waals surface area contributed by atoms with Crippen molar-refractivity contribution in [2.24, 2.45) is 11.8 Å². The van der Waals surface area contributed by atoms with E-state index in [9.17, 15) is 4.79 Å². The normalized spacial score (nSPS) is 33.5. The summed E-state index contributed by atoms with van der Waals surface area (Å²) >= 11 is 0. The van der Waals surface area contributed by atoms with Crippen molar-refractivity contribution >= 4 is 5.69 Å². The van der Waals surface area contributed by atoms with Crippen LogP contribution in [0.5, 0.6) is 0 Å². The summed E-state index contributed by atoms with van der Waals surface area (Å²) in [4.78, 5) is 11.9. The molecule has 0 aromatic carbocycles. The molecule has 0 saturated heterocycles. The van der Waals surface area contributed by atoms with Gasteiger partial charge in [0.05, 0.1) is 5.69 Å². The molecule has 1 heterocycles. The molecule has 3 nitrogen and oxygen atoms in total. The van der Waals surface area contributed by atoms with E-state index in [0.29, 0.717) is 11.7 Å². The summed E-state index contributed by atoms with van der Waals surface area (Å²) < 4.78 is 1.86. The zero-order valence-electron chi connectivity index (χ0n) is 8.73. The Bertz CT molecular complexity index is 437. The number of nitrogens with two attached hydrogens (primary N) is 1. The minimum absolute atomic E-state index is 0.00458. The van der Waals surface area contributed by atoms with E-state index in [-0.39, 0.29) is 5.56 Å². The van der Waals surface area contributed by atoms with Gasteiger partial charge in [0, 0.05) is 12.2 Å². The van der Waals surface area contributed by atoms with Crippen molar-refractivity contribution in [3.63, 3.8) is 0 Å². The molecule has 3 rings (SSSR count). The van der Waals surface area contributed by atoms with Crippen LogP contribution in [0.3, 0.4) is 0 Å². The fourth-order valence-electron chi connectivity index (χ4n) is 3.34. The molecule has 15 heavy (non-hydrogen) atoms. The maximum atomic E-state index is 11.9. The average molecular weight is 204 g/mol. The molecule has 80 valence electrons. The van der Waals surface area contributed by atoms with Crippen LogP contribution in [0.4, 0.5) is 5.69 Å². The van der Waals surface area contributed by atoms with Crippen LogP contribution in [0, 0.1) is 11.8 Å². The van der Waals surface area contributed by atoms with Gasteiger partial charge < -0.3 is 10.3 Å². The second-order valence-corrected chi connectivity index (χ2v) is 4.92. The Hall–Kier alpha value is -1.25. The number of rotatable bonds is 1. The minimum Gasteiger partial charge on any atom is -0.394 e. The number of hydrogen-bond acceptors (Lipinski definition) is 2. The van der Waals surface area contributed by atoms with Crippen LogP contribution in [0.1, 0.15) is 31.7 Å². The third-order valence-electron chi connectivity index (χ3n) is 4.06. The lowest BCUT2D eigenvalue weighted by Gasteiger charge is -2.24. The van der Waals surface area contributed by atoms with Gasteiger partial charge in [0.1, 0.15) is 0 Å². The largest absolute Gasteiger partial charge is 0.394 e. The highest BCUT2D eigenvalue weighted by Gasteiger charge is 2.40. The van der Waals surface area contributed by atoms with Gasteiger partial charge in [-0.1, -0.05) is 6.42 Å². The SMILES string of the molecule is Nc1cccn(C2CC3CCC2C3)c1=O. The molecule has 2 bridgehead atoms. The first-order chi connectivity index (χ1) is 7.25. The Balaban J connectivity index is 2.00. The van der Waals surface area contributed by atoms with Crippen molar-refractivity contribution in [2.45, 2.75) is 31.7 Å². The highest BCUT2D eigenvalue weighted by atomic mass is 16.1. The van der Waals surface area contributed by atoms with E-state index in [2.05, 4.69) is 0 Å². The van der Waals surface area contributed by atoms with Crippen molar-refractivity contribution in [1.29, 1.82) is 0 Å². The first-order valence-corrected chi connectivity index (χ1v) is 5.72. The summed E-state index contributed by atoms with van der Waals surface area (Å²) in [6.07, 6.45) is 7.03. The molecule has 0 spiro atoms. The number of fused-ring (bicyclic) bond motifs is 2. The van der Waals surface area contributed by atoms with Crippen LogP contribution in [-0.2, 0) is 0 Å². The third-order valence-corrected chi connectivity index (χ3v) is 4.06. The molecule has 2 aliphatic rings. The number of aromatic nitrogens is 1. The third kappa shape index (κ3) is 1.29. The quantitative estimate of drug-likeness (QED) is 0.758. The molecule has 0 radical (unpaired) electrons. The van der Waals surface area contributed by atoms with Crippen LogP contribution in [0.15, 0.2) is 23.1 Å². The first-order valence-electron chi connectivity index (χ1n) is 5.72. The fourth-order valence-corrected chi connectivity index (χ4v) is 3.34. The van der Waals surface area contributed by atoms with E-state index in [1.807, 2.05) is 16.8 Å². The second-order valence-electron chi connectivity index (χ2n) is 4.92. The Morgan fingerprint density at radius 2 is 2.20 bits per heavy atom. The number of nitrogens with zero attached hydrogens (tertiary/aromatic N) is 1. The molecule has 2 N–H and O–H groups in total. The van der Waals surface area contributed by atoms with Crippen molar-refractivity contribution in [2.75, 3.05) is 5.73 Å². The molecular weight excluding hydrogens is 188 g/mol. The topological polar surface area (TPSA) is 48.0 Å². The summed E-state index contributed by atoms with van der Waals surface area (Å²) in [5, 5.41) is 0. The Labute approximate surface area is 88.9 Å². The highest BCUT2D eigenvalue weighted by molar-refractivity contribution is 5.33. The maximum absolute atomic E-state index is 11.9. The van der Waals surface area contributed by atoms with Crippen LogP contribution < -0.4 is 11.3 Å². The summed E-state index contributed by atoms with van der Waals surface area (Å²) in [5.41, 5.74) is 6.02. The molecule has 2 saturated carbocycles. The molecular formula is C12H16N2O. The van der Waals surface area contributed by atoms with E-state index in [1.54, 1.807) is 6.07 Å². The van der Waals surface area contributed by atoms with E-state index in [4.69, 9.17) is 5.73 Å². The maximum Gasteiger partial charge on any atom is 0.273 e. The predicted molar refractivity (Wildman–Crippen MR) is 59.6 cm³/mol. The number of nitrogen functional groups attached to an aromatic ring is 1.